The van der Waals surface area contributed by atoms with E-state index in [0.717, 1.165) is 25.2 Å². The number of amides is 1. The topological polar surface area (TPSA) is 32.3 Å². The summed E-state index contributed by atoms with van der Waals surface area (Å²) < 4.78 is 13.2. The Balaban J connectivity index is 1.98. The van der Waals surface area contributed by atoms with Crippen LogP contribution in [0.15, 0.2) is 24.3 Å². The molecule has 1 atom stereocenters. The Bertz CT molecular complexity index is 470. The maximum Gasteiger partial charge on any atom is 0.227 e. The van der Waals surface area contributed by atoms with E-state index in [-0.39, 0.29) is 24.2 Å². The van der Waals surface area contributed by atoms with Crippen molar-refractivity contribution in [2.75, 3.05) is 19.6 Å². The van der Waals surface area contributed by atoms with Gasteiger partial charge in [0.25, 0.3) is 0 Å². The van der Waals surface area contributed by atoms with Crippen molar-refractivity contribution in [2.24, 2.45) is 5.92 Å². The molecule has 0 aliphatic carbocycles. The van der Waals surface area contributed by atoms with Crippen molar-refractivity contribution in [1.82, 2.24) is 10.2 Å². The van der Waals surface area contributed by atoms with Gasteiger partial charge in [0.05, 0.1) is 6.42 Å². The zero-order valence-electron chi connectivity index (χ0n) is 12.9. The molecule has 1 aliphatic heterocycles. The first kappa shape index (κ1) is 16.0. The lowest BCUT2D eigenvalue weighted by molar-refractivity contribution is -0.133. The largest absolute Gasteiger partial charge is 0.340 e. The molecule has 1 heterocycles. The zero-order valence-corrected chi connectivity index (χ0v) is 12.9. The van der Waals surface area contributed by atoms with E-state index in [4.69, 9.17) is 0 Å². The van der Waals surface area contributed by atoms with Crippen LogP contribution in [0.4, 0.5) is 4.39 Å². The van der Waals surface area contributed by atoms with Gasteiger partial charge in [0.1, 0.15) is 5.82 Å². The minimum absolute atomic E-state index is 0.0844. The summed E-state index contributed by atoms with van der Waals surface area (Å²) in [6.07, 6.45) is 2.62. The first-order chi connectivity index (χ1) is 10.1. The van der Waals surface area contributed by atoms with Gasteiger partial charge in [0, 0.05) is 12.6 Å². The van der Waals surface area contributed by atoms with Gasteiger partial charge in [-0.15, -0.1) is 0 Å². The van der Waals surface area contributed by atoms with Crippen molar-refractivity contribution in [3.8, 4) is 0 Å². The second-order valence-electron chi connectivity index (χ2n) is 6.16. The van der Waals surface area contributed by atoms with Gasteiger partial charge in [-0.05, 0) is 63.4 Å². The average Bonchev–Trinajstić information content (AvgIpc) is 2.45. The summed E-state index contributed by atoms with van der Waals surface area (Å²) in [5.74, 6) is 0.326. The number of nitrogens with zero attached hydrogens (tertiary/aromatic N) is 1. The molecule has 0 spiro atoms. The Kier molecular flexibility index (Phi) is 5.74. The molecule has 1 aromatic carbocycles. The van der Waals surface area contributed by atoms with Crippen LogP contribution in [0.3, 0.4) is 0 Å². The molecule has 0 bridgehead atoms. The lowest BCUT2D eigenvalue weighted by Crippen LogP contribution is -2.44. The summed E-state index contributed by atoms with van der Waals surface area (Å²) in [6, 6.07) is 6.48. The number of benzene rings is 1. The Morgan fingerprint density at radius 1 is 1.48 bits per heavy atom. The van der Waals surface area contributed by atoms with Crippen LogP contribution in [0, 0.1) is 11.7 Å². The molecule has 4 heteroatoms. The number of carbonyl (C=O) groups is 1. The summed E-state index contributed by atoms with van der Waals surface area (Å²) in [5.41, 5.74) is 0.743. The van der Waals surface area contributed by atoms with Crippen molar-refractivity contribution in [1.29, 1.82) is 0 Å². The molecule has 0 saturated carbocycles. The SMILES string of the molecule is CC(C)N(CC1CCCNC1)C(=O)Cc1cccc(F)c1. The summed E-state index contributed by atoms with van der Waals surface area (Å²) in [6.45, 7) is 6.93. The molecular weight excluding hydrogens is 267 g/mol. The molecule has 116 valence electrons. The van der Waals surface area contributed by atoms with Gasteiger partial charge in [-0.25, -0.2) is 4.39 Å². The fraction of sp³-hybridized carbons (Fsp3) is 0.588. The monoisotopic (exact) mass is 292 g/mol. The molecule has 3 nitrogen and oxygen atoms in total. The van der Waals surface area contributed by atoms with Gasteiger partial charge in [-0.3, -0.25) is 4.79 Å². The lowest BCUT2D eigenvalue weighted by atomic mass is 9.98. The maximum atomic E-state index is 13.2. The molecule has 1 saturated heterocycles. The van der Waals surface area contributed by atoms with Crippen LogP contribution in [0.25, 0.3) is 0 Å². The van der Waals surface area contributed by atoms with Crippen molar-refractivity contribution < 1.29 is 9.18 Å². The smallest absolute Gasteiger partial charge is 0.227 e. The summed E-state index contributed by atoms with van der Waals surface area (Å²) in [5, 5.41) is 3.39. The molecule has 0 radical (unpaired) electrons. The third-order valence-corrected chi connectivity index (χ3v) is 4.04. The quantitative estimate of drug-likeness (QED) is 0.905. The number of rotatable bonds is 5. The number of nitrogens with one attached hydrogen (secondary N) is 1. The van der Waals surface area contributed by atoms with E-state index >= 15 is 0 Å². The number of hydrogen-bond donors (Lipinski definition) is 1. The van der Waals surface area contributed by atoms with Crippen LogP contribution in [0.2, 0.25) is 0 Å². The molecule has 1 fully saturated rings. The Morgan fingerprint density at radius 2 is 2.29 bits per heavy atom. The standard InChI is InChI=1S/C17H25FN2O/c1-13(2)20(12-15-6-4-8-19-11-15)17(21)10-14-5-3-7-16(18)9-14/h3,5,7,9,13,15,19H,4,6,8,10-12H2,1-2H3. The van der Waals surface area contributed by atoms with Crippen LogP contribution in [0.5, 0.6) is 0 Å². The lowest BCUT2D eigenvalue weighted by Gasteiger charge is -2.33. The first-order valence-electron chi connectivity index (χ1n) is 7.81. The van der Waals surface area contributed by atoms with Gasteiger partial charge < -0.3 is 10.2 Å². The van der Waals surface area contributed by atoms with E-state index in [1.807, 2.05) is 24.8 Å². The average molecular weight is 292 g/mol. The van der Waals surface area contributed by atoms with Gasteiger partial charge >= 0.3 is 0 Å². The minimum Gasteiger partial charge on any atom is -0.340 e. The van der Waals surface area contributed by atoms with E-state index in [1.54, 1.807) is 6.07 Å². The molecule has 1 aliphatic rings. The second kappa shape index (κ2) is 7.55. The van der Waals surface area contributed by atoms with Crippen LogP contribution in [-0.4, -0.2) is 36.5 Å². The molecule has 21 heavy (non-hydrogen) atoms. The highest BCUT2D eigenvalue weighted by atomic mass is 19.1. The van der Waals surface area contributed by atoms with Crippen molar-refractivity contribution in [3.63, 3.8) is 0 Å². The van der Waals surface area contributed by atoms with E-state index in [0.29, 0.717) is 5.92 Å². The van der Waals surface area contributed by atoms with Crippen molar-refractivity contribution in [3.05, 3.63) is 35.6 Å². The third-order valence-electron chi connectivity index (χ3n) is 4.04. The van der Waals surface area contributed by atoms with Crippen LogP contribution < -0.4 is 5.32 Å². The molecule has 0 aromatic heterocycles. The van der Waals surface area contributed by atoms with E-state index in [1.165, 1.54) is 25.0 Å². The molecule has 1 amide bonds. The Morgan fingerprint density at radius 3 is 2.90 bits per heavy atom. The predicted molar refractivity (Wildman–Crippen MR) is 82.5 cm³/mol. The summed E-state index contributed by atoms with van der Waals surface area (Å²) >= 11 is 0. The highest BCUT2D eigenvalue weighted by Crippen LogP contribution is 2.15. The summed E-state index contributed by atoms with van der Waals surface area (Å²) in [4.78, 5) is 14.5. The molecular formula is C17H25FN2O. The highest BCUT2D eigenvalue weighted by molar-refractivity contribution is 5.79. The predicted octanol–water partition coefficient (Wildman–Crippen LogP) is 2.60. The summed E-state index contributed by atoms with van der Waals surface area (Å²) in [7, 11) is 0. The molecule has 1 N–H and O–H groups in total. The number of piperidine rings is 1. The molecule has 2 rings (SSSR count). The fourth-order valence-corrected chi connectivity index (χ4v) is 2.88. The minimum atomic E-state index is -0.284. The number of halogens is 1. The highest BCUT2D eigenvalue weighted by Gasteiger charge is 2.22. The first-order valence-corrected chi connectivity index (χ1v) is 7.81. The fourth-order valence-electron chi connectivity index (χ4n) is 2.88. The van der Waals surface area contributed by atoms with Gasteiger partial charge in [0.2, 0.25) is 5.91 Å². The second-order valence-corrected chi connectivity index (χ2v) is 6.16. The normalized spacial score (nSPS) is 18.8. The van der Waals surface area contributed by atoms with Crippen LogP contribution >= 0.6 is 0 Å². The van der Waals surface area contributed by atoms with Crippen molar-refractivity contribution >= 4 is 5.91 Å². The van der Waals surface area contributed by atoms with E-state index < -0.39 is 0 Å². The van der Waals surface area contributed by atoms with Gasteiger partial charge in [-0.2, -0.15) is 0 Å². The van der Waals surface area contributed by atoms with E-state index in [2.05, 4.69) is 5.32 Å². The van der Waals surface area contributed by atoms with Gasteiger partial charge in [0.15, 0.2) is 0 Å². The number of carbonyl (C=O) groups excluding carboxylic acids is 1. The van der Waals surface area contributed by atoms with Gasteiger partial charge in [-0.1, -0.05) is 12.1 Å². The van der Waals surface area contributed by atoms with Crippen molar-refractivity contribution in [2.45, 2.75) is 39.2 Å². The van der Waals surface area contributed by atoms with E-state index in [9.17, 15) is 9.18 Å². The van der Waals surface area contributed by atoms with Crippen LogP contribution in [0.1, 0.15) is 32.3 Å². The Labute approximate surface area is 126 Å². The number of hydrogen-bond acceptors (Lipinski definition) is 2. The van der Waals surface area contributed by atoms with Crippen LogP contribution in [-0.2, 0) is 11.2 Å². The zero-order chi connectivity index (χ0) is 15.2. The third kappa shape index (κ3) is 4.81. The maximum absolute atomic E-state index is 13.2. The molecule has 1 unspecified atom stereocenters. The Hall–Kier alpha value is -1.42. The molecule has 1 aromatic rings.